The Morgan fingerprint density at radius 3 is 2.50 bits per heavy atom. The first-order chi connectivity index (χ1) is 8.67. The number of ether oxygens (including phenoxy) is 2. The molecule has 0 N–H and O–H groups in total. The first kappa shape index (κ1) is 15.8. The highest BCUT2D eigenvalue weighted by atomic mass is 79.9. The van der Waals surface area contributed by atoms with E-state index in [0.29, 0.717) is 25.4 Å². The Bertz CT molecular complexity index is 378. The van der Waals surface area contributed by atoms with E-state index in [9.17, 15) is 4.21 Å². The molecule has 0 fully saturated rings. The molecular formula is C13H19BrO3S. The van der Waals surface area contributed by atoms with Crippen LogP contribution in [0.15, 0.2) is 33.6 Å². The molecule has 0 radical (unpaired) electrons. The first-order valence-corrected chi connectivity index (χ1v) is 8.15. The Kier molecular flexibility index (Phi) is 7.74. The quantitative estimate of drug-likeness (QED) is 0.684. The lowest BCUT2D eigenvalue weighted by Gasteiger charge is -2.16. The fraction of sp³-hybridized carbons (Fsp3) is 0.538. The van der Waals surface area contributed by atoms with Crippen molar-refractivity contribution in [2.75, 3.05) is 19.0 Å². The zero-order valence-corrected chi connectivity index (χ0v) is 13.1. The summed E-state index contributed by atoms with van der Waals surface area (Å²) in [4.78, 5) is 0.830. The third kappa shape index (κ3) is 5.61. The standard InChI is InChI=1S/C13H19BrO3S/c1-3-16-13(17-4-2)8-9-18(15)12-7-5-6-11(14)10-12/h5-7,10,13H,3-4,8-9H2,1-2H3. The van der Waals surface area contributed by atoms with Crippen molar-refractivity contribution < 1.29 is 13.7 Å². The summed E-state index contributed by atoms with van der Waals surface area (Å²) < 4.78 is 23.9. The van der Waals surface area contributed by atoms with E-state index < -0.39 is 10.8 Å². The van der Waals surface area contributed by atoms with Gasteiger partial charge in [0.2, 0.25) is 0 Å². The highest BCUT2D eigenvalue weighted by molar-refractivity contribution is 9.10. The molecule has 0 aliphatic carbocycles. The summed E-state index contributed by atoms with van der Waals surface area (Å²) in [6.45, 7) is 5.07. The van der Waals surface area contributed by atoms with Gasteiger partial charge in [-0.2, -0.15) is 0 Å². The third-order valence-electron chi connectivity index (χ3n) is 2.30. The maximum Gasteiger partial charge on any atom is 0.158 e. The largest absolute Gasteiger partial charge is 0.353 e. The zero-order chi connectivity index (χ0) is 13.4. The van der Waals surface area contributed by atoms with Gasteiger partial charge in [-0.05, 0) is 32.0 Å². The molecule has 0 spiro atoms. The van der Waals surface area contributed by atoms with E-state index in [0.717, 1.165) is 9.37 Å². The molecule has 1 unspecified atom stereocenters. The molecule has 0 aliphatic rings. The van der Waals surface area contributed by atoms with Crippen LogP contribution in [0, 0.1) is 0 Å². The highest BCUT2D eigenvalue weighted by Crippen LogP contribution is 2.16. The first-order valence-electron chi connectivity index (χ1n) is 6.04. The molecule has 5 heteroatoms. The van der Waals surface area contributed by atoms with Gasteiger partial charge < -0.3 is 9.47 Å². The summed E-state index contributed by atoms with van der Waals surface area (Å²) >= 11 is 3.38. The lowest BCUT2D eigenvalue weighted by Crippen LogP contribution is -2.20. The van der Waals surface area contributed by atoms with Gasteiger partial charge in [0, 0.05) is 34.8 Å². The Balaban J connectivity index is 2.49. The zero-order valence-electron chi connectivity index (χ0n) is 10.7. The van der Waals surface area contributed by atoms with E-state index in [4.69, 9.17) is 9.47 Å². The second kappa shape index (κ2) is 8.80. The molecule has 102 valence electrons. The van der Waals surface area contributed by atoms with Crippen molar-refractivity contribution >= 4 is 26.7 Å². The summed E-state index contributed by atoms with van der Waals surface area (Å²) in [7, 11) is -1.01. The maximum absolute atomic E-state index is 12.1. The van der Waals surface area contributed by atoms with Crippen molar-refractivity contribution in [3.8, 4) is 0 Å². The van der Waals surface area contributed by atoms with Crippen molar-refractivity contribution in [1.82, 2.24) is 0 Å². The van der Waals surface area contributed by atoms with Crippen molar-refractivity contribution in [3.63, 3.8) is 0 Å². The van der Waals surface area contributed by atoms with Gasteiger partial charge in [0.15, 0.2) is 6.29 Å². The van der Waals surface area contributed by atoms with Crippen LogP contribution in [-0.2, 0) is 20.3 Å². The van der Waals surface area contributed by atoms with E-state index in [2.05, 4.69) is 15.9 Å². The second-order valence-electron chi connectivity index (χ2n) is 3.64. The van der Waals surface area contributed by atoms with Crippen LogP contribution < -0.4 is 0 Å². The minimum atomic E-state index is -1.01. The van der Waals surface area contributed by atoms with Crippen molar-refractivity contribution in [3.05, 3.63) is 28.7 Å². The van der Waals surface area contributed by atoms with Crippen molar-refractivity contribution in [1.29, 1.82) is 0 Å². The van der Waals surface area contributed by atoms with Crippen LogP contribution >= 0.6 is 15.9 Å². The molecule has 0 bridgehead atoms. The predicted molar refractivity (Wildman–Crippen MR) is 77.1 cm³/mol. The predicted octanol–water partition coefficient (Wildman–Crippen LogP) is 3.35. The molecule has 1 aromatic carbocycles. The smallest absolute Gasteiger partial charge is 0.158 e. The molecule has 0 aromatic heterocycles. The summed E-state index contributed by atoms with van der Waals surface area (Å²) in [6.07, 6.45) is 0.386. The topological polar surface area (TPSA) is 35.5 Å². The minimum Gasteiger partial charge on any atom is -0.353 e. The van der Waals surface area contributed by atoms with E-state index in [-0.39, 0.29) is 6.29 Å². The third-order valence-corrected chi connectivity index (χ3v) is 4.18. The minimum absolute atomic E-state index is 0.254. The van der Waals surface area contributed by atoms with Crippen LogP contribution in [-0.4, -0.2) is 29.5 Å². The molecule has 1 aromatic rings. The molecule has 0 amide bonds. The van der Waals surface area contributed by atoms with Crippen LogP contribution in [0.25, 0.3) is 0 Å². The summed E-state index contributed by atoms with van der Waals surface area (Å²) in [5.41, 5.74) is 0. The Labute approximate surface area is 119 Å². The highest BCUT2D eigenvalue weighted by Gasteiger charge is 2.11. The fourth-order valence-corrected chi connectivity index (χ4v) is 3.20. The fourth-order valence-electron chi connectivity index (χ4n) is 1.52. The normalized spacial score (nSPS) is 12.9. The number of halogens is 1. The van der Waals surface area contributed by atoms with E-state index in [1.165, 1.54) is 0 Å². The van der Waals surface area contributed by atoms with Crippen LogP contribution in [0.4, 0.5) is 0 Å². The summed E-state index contributed by atoms with van der Waals surface area (Å²) in [6, 6.07) is 7.56. The molecule has 1 atom stereocenters. The van der Waals surface area contributed by atoms with Gasteiger partial charge in [-0.3, -0.25) is 4.21 Å². The van der Waals surface area contributed by atoms with Gasteiger partial charge in [-0.1, -0.05) is 22.0 Å². The van der Waals surface area contributed by atoms with Crippen molar-refractivity contribution in [2.45, 2.75) is 31.5 Å². The van der Waals surface area contributed by atoms with Crippen molar-refractivity contribution in [2.24, 2.45) is 0 Å². The number of benzene rings is 1. The molecule has 0 heterocycles. The maximum atomic E-state index is 12.1. The molecule has 0 aliphatic heterocycles. The SMILES string of the molecule is CCOC(CCS(=O)c1cccc(Br)c1)OCC. The molecule has 1 rings (SSSR count). The van der Waals surface area contributed by atoms with Gasteiger partial charge in [0.05, 0.1) is 10.8 Å². The molecule has 0 saturated carbocycles. The Morgan fingerprint density at radius 2 is 1.94 bits per heavy atom. The monoisotopic (exact) mass is 334 g/mol. The van der Waals surface area contributed by atoms with Crippen LogP contribution in [0.1, 0.15) is 20.3 Å². The van der Waals surface area contributed by atoms with E-state index in [1.54, 1.807) is 0 Å². The van der Waals surface area contributed by atoms with E-state index in [1.807, 2.05) is 38.1 Å². The van der Waals surface area contributed by atoms with Gasteiger partial charge in [0.25, 0.3) is 0 Å². The molecule has 18 heavy (non-hydrogen) atoms. The van der Waals surface area contributed by atoms with Gasteiger partial charge in [-0.25, -0.2) is 0 Å². The summed E-state index contributed by atoms with van der Waals surface area (Å²) in [5, 5.41) is 0. The van der Waals surface area contributed by atoms with E-state index >= 15 is 0 Å². The second-order valence-corrected chi connectivity index (χ2v) is 6.12. The average molecular weight is 335 g/mol. The van der Waals surface area contributed by atoms with Gasteiger partial charge in [0.1, 0.15) is 0 Å². The number of hydrogen-bond donors (Lipinski definition) is 0. The molecule has 0 saturated heterocycles. The Hall–Kier alpha value is -0.230. The molecular weight excluding hydrogens is 316 g/mol. The summed E-state index contributed by atoms with van der Waals surface area (Å²) in [5.74, 6) is 0.543. The van der Waals surface area contributed by atoms with Gasteiger partial charge in [-0.15, -0.1) is 0 Å². The van der Waals surface area contributed by atoms with Crippen LogP contribution in [0.5, 0.6) is 0 Å². The Morgan fingerprint density at radius 1 is 1.28 bits per heavy atom. The number of rotatable bonds is 8. The molecule has 3 nitrogen and oxygen atoms in total. The number of hydrogen-bond acceptors (Lipinski definition) is 3. The van der Waals surface area contributed by atoms with Gasteiger partial charge >= 0.3 is 0 Å². The lowest BCUT2D eigenvalue weighted by atomic mass is 10.4. The lowest BCUT2D eigenvalue weighted by molar-refractivity contribution is -0.136. The van der Waals surface area contributed by atoms with Crippen LogP contribution in [0.2, 0.25) is 0 Å². The average Bonchev–Trinajstić information content (AvgIpc) is 2.36. The van der Waals surface area contributed by atoms with Crippen LogP contribution in [0.3, 0.4) is 0 Å².